The SMILES string of the molecule is Fc1ncc(Cl)cc1C1(F)CCSC2(COC2)C1. The van der Waals surface area contributed by atoms with Gasteiger partial charge in [0.2, 0.25) is 5.95 Å². The quantitative estimate of drug-likeness (QED) is 0.741. The number of nitrogens with zero attached hydrogens (tertiary/aromatic N) is 1. The Bertz CT molecular complexity index is 483. The molecule has 2 fully saturated rings. The van der Waals surface area contributed by atoms with E-state index in [1.165, 1.54) is 12.3 Å². The largest absolute Gasteiger partial charge is 0.378 e. The lowest BCUT2D eigenvalue weighted by Crippen LogP contribution is -2.53. The molecule has 98 valence electrons. The summed E-state index contributed by atoms with van der Waals surface area (Å²) in [6.07, 6.45) is 1.76. The fourth-order valence-electron chi connectivity index (χ4n) is 2.56. The maximum atomic E-state index is 15.1. The van der Waals surface area contributed by atoms with Crippen LogP contribution < -0.4 is 0 Å². The third-order valence-electron chi connectivity index (χ3n) is 3.53. The van der Waals surface area contributed by atoms with Crippen molar-refractivity contribution in [2.45, 2.75) is 23.3 Å². The molecule has 0 aromatic carbocycles. The van der Waals surface area contributed by atoms with Gasteiger partial charge in [0.15, 0.2) is 0 Å². The Hall–Kier alpha value is -0.390. The van der Waals surface area contributed by atoms with Gasteiger partial charge >= 0.3 is 0 Å². The second-order valence-electron chi connectivity index (χ2n) is 4.91. The summed E-state index contributed by atoms with van der Waals surface area (Å²) in [5.74, 6) is -0.101. The van der Waals surface area contributed by atoms with Gasteiger partial charge in [-0.3, -0.25) is 0 Å². The second kappa shape index (κ2) is 4.32. The molecule has 0 bridgehead atoms. The van der Waals surface area contributed by atoms with E-state index in [9.17, 15) is 4.39 Å². The van der Waals surface area contributed by atoms with Gasteiger partial charge in [-0.25, -0.2) is 9.37 Å². The minimum atomic E-state index is -1.68. The summed E-state index contributed by atoms with van der Waals surface area (Å²) < 4.78 is 33.8. The molecule has 0 radical (unpaired) electrons. The predicted molar refractivity (Wildman–Crippen MR) is 67.2 cm³/mol. The fourth-order valence-corrected chi connectivity index (χ4v) is 4.24. The standard InChI is InChI=1S/C12H12ClF2NOS/c13-8-3-9(10(14)16-4-8)12(15)1-2-18-11(5-12)6-17-7-11/h3-4H,1-2,5-7H2. The molecular weight excluding hydrogens is 280 g/mol. The maximum absolute atomic E-state index is 15.1. The number of aromatic nitrogens is 1. The first-order chi connectivity index (χ1) is 8.53. The lowest BCUT2D eigenvalue weighted by molar-refractivity contribution is -0.0443. The van der Waals surface area contributed by atoms with Crippen molar-refractivity contribution in [2.24, 2.45) is 0 Å². The second-order valence-corrected chi connectivity index (χ2v) is 6.91. The first kappa shape index (κ1) is 12.6. The van der Waals surface area contributed by atoms with Crippen molar-refractivity contribution in [1.82, 2.24) is 4.98 Å². The Morgan fingerprint density at radius 2 is 2.22 bits per heavy atom. The van der Waals surface area contributed by atoms with E-state index in [0.29, 0.717) is 25.4 Å². The van der Waals surface area contributed by atoms with Crippen LogP contribution in [-0.4, -0.2) is 28.7 Å². The predicted octanol–water partition coefficient (Wildman–Crippen LogP) is 3.33. The molecule has 1 atom stereocenters. The van der Waals surface area contributed by atoms with Crippen molar-refractivity contribution < 1.29 is 13.5 Å². The van der Waals surface area contributed by atoms with Crippen molar-refractivity contribution in [3.63, 3.8) is 0 Å². The first-order valence-corrected chi connectivity index (χ1v) is 7.12. The molecule has 1 unspecified atom stereocenters. The van der Waals surface area contributed by atoms with E-state index in [0.717, 1.165) is 0 Å². The zero-order chi connectivity index (χ0) is 12.8. The smallest absolute Gasteiger partial charge is 0.219 e. The third kappa shape index (κ3) is 2.02. The Kier molecular flexibility index (Phi) is 3.03. The molecule has 2 aliphatic rings. The van der Waals surface area contributed by atoms with Gasteiger partial charge < -0.3 is 4.74 Å². The van der Waals surface area contributed by atoms with Crippen LogP contribution in [0.3, 0.4) is 0 Å². The average molecular weight is 292 g/mol. The number of hydrogen-bond donors (Lipinski definition) is 0. The lowest BCUT2D eigenvalue weighted by atomic mass is 9.82. The van der Waals surface area contributed by atoms with Crippen LogP contribution in [0, 0.1) is 5.95 Å². The number of alkyl halides is 1. The fraction of sp³-hybridized carbons (Fsp3) is 0.583. The third-order valence-corrected chi connectivity index (χ3v) is 5.13. The summed E-state index contributed by atoms with van der Waals surface area (Å²) in [6.45, 7) is 1.08. The zero-order valence-corrected chi connectivity index (χ0v) is 11.2. The highest BCUT2D eigenvalue weighted by Gasteiger charge is 2.52. The highest BCUT2D eigenvalue weighted by Crippen LogP contribution is 2.52. The Balaban J connectivity index is 1.95. The van der Waals surface area contributed by atoms with E-state index in [2.05, 4.69) is 4.98 Å². The molecule has 18 heavy (non-hydrogen) atoms. The van der Waals surface area contributed by atoms with Gasteiger partial charge in [-0.2, -0.15) is 16.2 Å². The zero-order valence-electron chi connectivity index (χ0n) is 9.59. The van der Waals surface area contributed by atoms with Gasteiger partial charge in [0.25, 0.3) is 0 Å². The minimum absolute atomic E-state index is 0.0124. The topological polar surface area (TPSA) is 22.1 Å². The summed E-state index contributed by atoms with van der Waals surface area (Å²) in [7, 11) is 0. The van der Waals surface area contributed by atoms with Gasteiger partial charge in [0, 0.05) is 18.2 Å². The van der Waals surface area contributed by atoms with Crippen molar-refractivity contribution in [1.29, 1.82) is 0 Å². The summed E-state index contributed by atoms with van der Waals surface area (Å²) in [4.78, 5) is 3.51. The van der Waals surface area contributed by atoms with E-state index in [1.807, 2.05) is 0 Å². The molecule has 2 aliphatic heterocycles. The van der Waals surface area contributed by atoms with Crippen molar-refractivity contribution in [2.75, 3.05) is 19.0 Å². The van der Waals surface area contributed by atoms with Crippen LogP contribution in [0.15, 0.2) is 12.3 Å². The van der Waals surface area contributed by atoms with Crippen LogP contribution in [0.5, 0.6) is 0 Å². The first-order valence-electron chi connectivity index (χ1n) is 5.75. The molecule has 0 aliphatic carbocycles. The van der Waals surface area contributed by atoms with Gasteiger partial charge in [-0.1, -0.05) is 11.6 Å². The number of hydrogen-bond acceptors (Lipinski definition) is 3. The monoisotopic (exact) mass is 291 g/mol. The highest BCUT2D eigenvalue weighted by atomic mass is 35.5. The van der Waals surface area contributed by atoms with E-state index >= 15 is 4.39 Å². The number of pyridine rings is 1. The van der Waals surface area contributed by atoms with Crippen LogP contribution >= 0.6 is 23.4 Å². The van der Waals surface area contributed by atoms with Crippen molar-refractivity contribution in [3.05, 3.63) is 28.8 Å². The number of ether oxygens (including phenoxy) is 1. The van der Waals surface area contributed by atoms with Crippen LogP contribution in [0.2, 0.25) is 5.02 Å². The number of rotatable bonds is 1. The Labute approximate surface area is 113 Å². The molecular formula is C12H12ClF2NOS. The molecule has 1 aromatic rings. The normalized spacial score (nSPS) is 30.2. The van der Waals surface area contributed by atoms with Crippen LogP contribution in [-0.2, 0) is 10.4 Å². The molecule has 3 heterocycles. The molecule has 2 nitrogen and oxygen atoms in total. The summed E-state index contributed by atoms with van der Waals surface area (Å²) in [5, 5.41) is 0.264. The van der Waals surface area contributed by atoms with Crippen LogP contribution in [0.25, 0.3) is 0 Å². The highest BCUT2D eigenvalue weighted by molar-refractivity contribution is 8.00. The van der Waals surface area contributed by atoms with Gasteiger partial charge in [0.1, 0.15) is 5.67 Å². The molecule has 3 rings (SSSR count). The van der Waals surface area contributed by atoms with E-state index < -0.39 is 11.6 Å². The van der Waals surface area contributed by atoms with Crippen molar-refractivity contribution in [3.8, 4) is 0 Å². The Morgan fingerprint density at radius 1 is 1.44 bits per heavy atom. The van der Waals surface area contributed by atoms with Crippen LogP contribution in [0.1, 0.15) is 18.4 Å². The summed E-state index contributed by atoms with van der Waals surface area (Å²) in [5.41, 5.74) is -1.70. The molecule has 0 N–H and O–H groups in total. The van der Waals surface area contributed by atoms with Gasteiger partial charge in [-0.05, 0) is 18.2 Å². The van der Waals surface area contributed by atoms with Crippen LogP contribution in [0.4, 0.5) is 8.78 Å². The molecule has 1 aromatic heterocycles. The van der Waals surface area contributed by atoms with Gasteiger partial charge in [0.05, 0.1) is 23.0 Å². The maximum Gasteiger partial charge on any atom is 0.219 e. The lowest BCUT2D eigenvalue weighted by Gasteiger charge is -2.48. The van der Waals surface area contributed by atoms with Crippen molar-refractivity contribution >= 4 is 23.4 Å². The molecule has 0 amide bonds. The van der Waals surface area contributed by atoms with E-state index in [1.54, 1.807) is 11.8 Å². The summed E-state index contributed by atoms with van der Waals surface area (Å²) in [6, 6.07) is 1.35. The molecule has 0 saturated carbocycles. The number of thioether (sulfide) groups is 1. The van der Waals surface area contributed by atoms with E-state index in [4.69, 9.17) is 16.3 Å². The molecule has 1 spiro atoms. The minimum Gasteiger partial charge on any atom is -0.378 e. The van der Waals surface area contributed by atoms with E-state index in [-0.39, 0.29) is 21.8 Å². The molecule has 6 heteroatoms. The number of halogens is 3. The summed E-state index contributed by atoms with van der Waals surface area (Å²) >= 11 is 7.51. The molecule has 2 saturated heterocycles. The Morgan fingerprint density at radius 3 is 2.89 bits per heavy atom. The average Bonchev–Trinajstić information content (AvgIpc) is 2.30. The van der Waals surface area contributed by atoms with Gasteiger partial charge in [-0.15, -0.1) is 0 Å².